The fraction of sp³-hybridized carbons (Fsp3) is 0.429. The molecule has 6 aliphatic rings. The minimum absolute atomic E-state index is 0.0212. The maximum absolute atomic E-state index is 14.4. The first kappa shape index (κ1) is 24.7. The number of alkyl halides is 1. The van der Waals surface area contributed by atoms with Crippen LogP contribution in [0.2, 0.25) is 0 Å². The van der Waals surface area contributed by atoms with Gasteiger partial charge in [-0.3, -0.25) is 14.6 Å². The van der Waals surface area contributed by atoms with E-state index < -0.39 is 6.17 Å². The van der Waals surface area contributed by atoms with Gasteiger partial charge < -0.3 is 15.5 Å². The van der Waals surface area contributed by atoms with Crippen LogP contribution in [0.4, 0.5) is 21.8 Å². The highest BCUT2D eigenvalue weighted by atomic mass is 19.1. The molecule has 8 heterocycles. The molecular weight excluding hydrogens is 483 g/mol. The number of hydrogen-bond acceptors (Lipinski definition) is 8. The van der Waals surface area contributed by atoms with Gasteiger partial charge in [0.25, 0.3) is 0 Å². The molecule has 38 heavy (non-hydrogen) atoms. The highest BCUT2D eigenvalue weighted by Gasteiger charge is 2.33. The van der Waals surface area contributed by atoms with E-state index in [1.807, 2.05) is 23.1 Å². The van der Waals surface area contributed by atoms with E-state index in [-0.39, 0.29) is 18.5 Å². The third-order valence-electron chi connectivity index (χ3n) is 7.59. The molecule has 2 fully saturated rings. The summed E-state index contributed by atoms with van der Waals surface area (Å²) >= 11 is 0. The van der Waals surface area contributed by atoms with Crippen molar-refractivity contribution in [3.63, 3.8) is 0 Å². The maximum Gasteiger partial charge on any atom is 0.234 e. The second-order valence-corrected chi connectivity index (χ2v) is 10.4. The zero-order valence-electron chi connectivity index (χ0n) is 21.4. The monoisotopic (exact) mass is 516 g/mol. The topological polar surface area (TPSA) is 89.5 Å². The van der Waals surface area contributed by atoms with E-state index in [0.29, 0.717) is 31.9 Å². The third-order valence-corrected chi connectivity index (χ3v) is 7.59. The van der Waals surface area contributed by atoms with Crippen LogP contribution in [0.1, 0.15) is 18.4 Å². The lowest BCUT2D eigenvalue weighted by atomic mass is 10.1. The van der Waals surface area contributed by atoms with E-state index >= 15 is 0 Å². The summed E-state index contributed by atoms with van der Waals surface area (Å²) in [4.78, 5) is 32.8. The molecular formula is C28H33FN8O. The first-order chi connectivity index (χ1) is 18.6. The van der Waals surface area contributed by atoms with Gasteiger partial charge in [-0.2, -0.15) is 0 Å². The van der Waals surface area contributed by atoms with Crippen LogP contribution in [0.3, 0.4) is 0 Å². The molecule has 2 unspecified atom stereocenters. The van der Waals surface area contributed by atoms with E-state index in [1.54, 1.807) is 18.6 Å². The van der Waals surface area contributed by atoms with Crippen molar-refractivity contribution in [1.29, 1.82) is 0 Å². The molecule has 0 aliphatic carbocycles. The van der Waals surface area contributed by atoms with Crippen molar-refractivity contribution in [1.82, 2.24) is 30.1 Å². The zero-order valence-corrected chi connectivity index (χ0v) is 21.4. The van der Waals surface area contributed by atoms with Gasteiger partial charge in [0.2, 0.25) is 11.9 Å². The molecule has 2 aromatic heterocycles. The summed E-state index contributed by atoms with van der Waals surface area (Å²) in [5, 5.41) is 6.47. The minimum Gasteiger partial charge on any atom is -0.355 e. The van der Waals surface area contributed by atoms with Crippen LogP contribution in [-0.4, -0.2) is 88.7 Å². The number of nitrogens with zero attached hydrogens (tertiary/aromatic N) is 6. The van der Waals surface area contributed by atoms with Gasteiger partial charge >= 0.3 is 0 Å². The molecule has 9 rings (SSSR count). The predicted octanol–water partition coefficient (Wildman–Crippen LogP) is 2.84. The fourth-order valence-corrected chi connectivity index (χ4v) is 5.57. The van der Waals surface area contributed by atoms with Crippen molar-refractivity contribution < 1.29 is 9.18 Å². The van der Waals surface area contributed by atoms with Crippen molar-refractivity contribution in [3.05, 3.63) is 60.6 Å². The SMILES string of the molecule is O=C1CN2CCN(CC2)Cc2cccc(c2)Nc2cc(ccn2)-c2cnc(nc2)N2CC(F)CC2CCN1. The van der Waals surface area contributed by atoms with Crippen molar-refractivity contribution in [2.24, 2.45) is 0 Å². The number of piperazine rings is 1. The summed E-state index contributed by atoms with van der Waals surface area (Å²) in [6.07, 6.45) is 5.48. The number of anilines is 3. The molecule has 1 aromatic carbocycles. The Bertz CT molecular complexity index is 1260. The summed E-state index contributed by atoms with van der Waals surface area (Å²) < 4.78 is 14.4. The van der Waals surface area contributed by atoms with Gasteiger partial charge in [-0.1, -0.05) is 12.1 Å². The standard InChI is InChI=1S/C28H33FN8O/c29-23-14-25-5-7-31-27(38)19-36-10-8-35(9-11-36)17-20-2-1-3-24(12-20)34-26-13-21(4-6-30-26)22-15-32-28(33-16-22)37(25)18-23/h1-4,6,12-13,15-16,23,25H,5,7-11,14,17-19H2,(H,30,34)(H,31,38). The Morgan fingerprint density at radius 2 is 1.71 bits per heavy atom. The van der Waals surface area contributed by atoms with Gasteiger partial charge in [-0.25, -0.2) is 19.3 Å². The van der Waals surface area contributed by atoms with Crippen molar-refractivity contribution >= 4 is 23.4 Å². The number of carbonyl (C=O) groups is 1. The molecule has 2 saturated heterocycles. The fourth-order valence-electron chi connectivity index (χ4n) is 5.57. The highest BCUT2D eigenvalue weighted by molar-refractivity contribution is 5.78. The van der Waals surface area contributed by atoms with E-state index in [1.165, 1.54) is 5.56 Å². The molecule has 0 saturated carbocycles. The number of pyridine rings is 1. The average Bonchev–Trinajstić information content (AvgIpc) is 3.30. The van der Waals surface area contributed by atoms with Crippen LogP contribution in [0.5, 0.6) is 0 Å². The van der Waals surface area contributed by atoms with Gasteiger partial charge in [0.05, 0.1) is 13.1 Å². The molecule has 3 aromatic rings. The first-order valence-electron chi connectivity index (χ1n) is 13.4. The Labute approximate surface area is 222 Å². The number of benzene rings is 1. The second kappa shape index (κ2) is 11.0. The third kappa shape index (κ3) is 5.76. The molecule has 1 amide bonds. The van der Waals surface area contributed by atoms with Crippen LogP contribution in [0.25, 0.3) is 11.1 Å². The minimum atomic E-state index is -0.929. The Morgan fingerprint density at radius 3 is 2.53 bits per heavy atom. The molecule has 10 heteroatoms. The summed E-state index contributed by atoms with van der Waals surface area (Å²) in [5.41, 5.74) is 4.03. The van der Waals surface area contributed by atoms with Crippen molar-refractivity contribution in [2.45, 2.75) is 31.6 Å². The number of nitrogens with one attached hydrogen (secondary N) is 2. The normalized spacial score (nSPS) is 25.9. The van der Waals surface area contributed by atoms with E-state index in [0.717, 1.165) is 55.4 Å². The molecule has 0 spiro atoms. The number of carbonyl (C=O) groups excluding carboxylic acids is 1. The van der Waals surface area contributed by atoms with Gasteiger partial charge in [0.15, 0.2) is 0 Å². The van der Waals surface area contributed by atoms with Crippen LogP contribution in [0, 0.1) is 0 Å². The summed E-state index contributed by atoms with van der Waals surface area (Å²) in [6, 6.07) is 12.3. The molecule has 8 bridgehead atoms. The molecule has 0 radical (unpaired) electrons. The molecule has 6 aliphatic heterocycles. The molecule has 2 N–H and O–H groups in total. The average molecular weight is 517 g/mol. The Balaban J connectivity index is 1.27. The van der Waals surface area contributed by atoms with Crippen molar-refractivity contribution in [2.75, 3.05) is 56.0 Å². The molecule has 198 valence electrons. The Morgan fingerprint density at radius 1 is 0.921 bits per heavy atom. The lowest BCUT2D eigenvalue weighted by Gasteiger charge is -2.34. The lowest BCUT2D eigenvalue weighted by molar-refractivity contribution is -0.122. The van der Waals surface area contributed by atoms with Crippen molar-refractivity contribution in [3.8, 4) is 11.1 Å². The number of rotatable bonds is 0. The quantitative estimate of drug-likeness (QED) is 0.472. The Hall–Kier alpha value is -3.63. The van der Waals surface area contributed by atoms with E-state index in [2.05, 4.69) is 53.6 Å². The lowest BCUT2D eigenvalue weighted by Crippen LogP contribution is -2.49. The number of halogens is 1. The predicted molar refractivity (Wildman–Crippen MR) is 145 cm³/mol. The van der Waals surface area contributed by atoms with Gasteiger partial charge in [0.1, 0.15) is 12.0 Å². The molecule has 2 atom stereocenters. The number of aromatic nitrogens is 3. The van der Waals surface area contributed by atoms with Gasteiger partial charge in [-0.15, -0.1) is 0 Å². The van der Waals surface area contributed by atoms with E-state index in [4.69, 9.17) is 0 Å². The highest BCUT2D eigenvalue weighted by Crippen LogP contribution is 2.28. The van der Waals surface area contributed by atoms with Gasteiger partial charge in [-0.05, 0) is 41.8 Å². The van der Waals surface area contributed by atoms with Gasteiger partial charge in [0, 0.05) is 81.6 Å². The summed E-state index contributed by atoms with van der Waals surface area (Å²) in [5.74, 6) is 1.28. The zero-order chi connectivity index (χ0) is 25.9. The van der Waals surface area contributed by atoms with Crippen LogP contribution in [-0.2, 0) is 11.3 Å². The number of amides is 1. The summed E-state index contributed by atoms with van der Waals surface area (Å²) in [6.45, 7) is 5.58. The van der Waals surface area contributed by atoms with Crippen LogP contribution < -0.4 is 15.5 Å². The van der Waals surface area contributed by atoms with E-state index in [9.17, 15) is 9.18 Å². The second-order valence-electron chi connectivity index (χ2n) is 10.4. The smallest absolute Gasteiger partial charge is 0.234 e. The molecule has 9 nitrogen and oxygen atoms in total. The maximum atomic E-state index is 14.4. The van der Waals surface area contributed by atoms with Crippen LogP contribution >= 0.6 is 0 Å². The first-order valence-corrected chi connectivity index (χ1v) is 13.4. The Kier molecular flexibility index (Phi) is 7.15. The summed E-state index contributed by atoms with van der Waals surface area (Å²) in [7, 11) is 0. The van der Waals surface area contributed by atoms with Crippen LogP contribution in [0.15, 0.2) is 55.0 Å². The largest absolute Gasteiger partial charge is 0.355 e. The number of hydrogen-bond donors (Lipinski definition) is 2.